The largest absolute Gasteiger partial charge is 0.506 e. The van der Waals surface area contributed by atoms with E-state index in [2.05, 4.69) is 15.9 Å². The van der Waals surface area contributed by atoms with Crippen molar-refractivity contribution in [3.05, 3.63) is 27.7 Å². The molecule has 0 saturated carbocycles. The Bertz CT molecular complexity index is 331. The molecule has 1 aromatic rings. The van der Waals surface area contributed by atoms with E-state index in [9.17, 15) is 13.9 Å². The summed E-state index contributed by atoms with van der Waals surface area (Å²) in [6.07, 6.45) is 0.417. The zero-order valence-corrected chi connectivity index (χ0v) is 9.11. The van der Waals surface area contributed by atoms with Crippen molar-refractivity contribution in [2.24, 2.45) is 5.73 Å². The van der Waals surface area contributed by atoms with E-state index in [4.69, 9.17) is 5.73 Å². The van der Waals surface area contributed by atoms with Gasteiger partial charge in [-0.25, -0.2) is 8.78 Å². The van der Waals surface area contributed by atoms with Crippen molar-refractivity contribution in [1.82, 2.24) is 0 Å². The molecule has 2 nitrogen and oxygen atoms in total. The summed E-state index contributed by atoms with van der Waals surface area (Å²) in [4.78, 5) is 0. The predicted molar refractivity (Wildman–Crippen MR) is 52.9 cm³/mol. The fourth-order valence-electron chi connectivity index (χ4n) is 1.15. The van der Waals surface area contributed by atoms with Gasteiger partial charge in [0.15, 0.2) is 11.6 Å². The molecule has 0 aliphatic heterocycles. The number of rotatable bonds is 2. The smallest absolute Gasteiger partial charge is 0.167 e. The van der Waals surface area contributed by atoms with Crippen LogP contribution < -0.4 is 5.73 Å². The fourth-order valence-corrected chi connectivity index (χ4v) is 1.56. The third kappa shape index (κ3) is 1.88. The molecule has 0 aliphatic rings. The van der Waals surface area contributed by atoms with Gasteiger partial charge < -0.3 is 10.8 Å². The molecule has 5 heteroatoms. The average Bonchev–Trinajstić information content (AvgIpc) is 2.15. The fraction of sp³-hybridized carbons (Fsp3) is 0.333. The van der Waals surface area contributed by atoms with Gasteiger partial charge in [0.1, 0.15) is 5.75 Å². The first kappa shape index (κ1) is 11.4. The molecule has 0 radical (unpaired) electrons. The molecule has 0 fully saturated rings. The van der Waals surface area contributed by atoms with Crippen LogP contribution in [0.1, 0.15) is 24.9 Å². The SMILES string of the molecule is CC[C@H](N)c1c(O)c(Br)cc(F)c1F. The van der Waals surface area contributed by atoms with Gasteiger partial charge in [-0.05, 0) is 28.4 Å². The van der Waals surface area contributed by atoms with E-state index in [1.54, 1.807) is 6.92 Å². The van der Waals surface area contributed by atoms with Gasteiger partial charge in [0.2, 0.25) is 0 Å². The highest BCUT2D eigenvalue weighted by atomic mass is 79.9. The highest BCUT2D eigenvalue weighted by Crippen LogP contribution is 2.35. The summed E-state index contributed by atoms with van der Waals surface area (Å²) >= 11 is 2.92. The topological polar surface area (TPSA) is 46.2 Å². The van der Waals surface area contributed by atoms with Gasteiger partial charge in [0.05, 0.1) is 10.0 Å². The number of phenolic OH excluding ortho intramolecular Hbond substituents is 1. The van der Waals surface area contributed by atoms with Crippen LogP contribution >= 0.6 is 15.9 Å². The molecule has 0 heterocycles. The molecular formula is C9H10BrF2NO. The Hall–Kier alpha value is -0.680. The summed E-state index contributed by atoms with van der Waals surface area (Å²) in [7, 11) is 0. The van der Waals surface area contributed by atoms with Crippen molar-refractivity contribution in [2.75, 3.05) is 0 Å². The molecule has 0 spiro atoms. The van der Waals surface area contributed by atoms with Gasteiger partial charge in [-0.2, -0.15) is 0 Å². The first-order valence-corrected chi connectivity index (χ1v) is 4.90. The monoisotopic (exact) mass is 265 g/mol. The third-order valence-electron chi connectivity index (χ3n) is 1.99. The number of halogens is 3. The van der Waals surface area contributed by atoms with Gasteiger partial charge in [-0.1, -0.05) is 6.92 Å². The zero-order chi connectivity index (χ0) is 10.9. The highest BCUT2D eigenvalue weighted by molar-refractivity contribution is 9.10. The van der Waals surface area contributed by atoms with Crippen molar-refractivity contribution < 1.29 is 13.9 Å². The number of benzene rings is 1. The number of nitrogens with two attached hydrogens (primary N) is 1. The van der Waals surface area contributed by atoms with Gasteiger partial charge in [-0.15, -0.1) is 0 Å². The quantitative estimate of drug-likeness (QED) is 0.808. The van der Waals surface area contributed by atoms with Crippen LogP contribution in [-0.2, 0) is 0 Å². The third-order valence-corrected chi connectivity index (χ3v) is 2.60. The second-order valence-corrected chi connectivity index (χ2v) is 3.79. The van der Waals surface area contributed by atoms with Crippen molar-refractivity contribution in [3.63, 3.8) is 0 Å². The molecule has 0 saturated heterocycles. The van der Waals surface area contributed by atoms with Gasteiger partial charge in [-0.3, -0.25) is 0 Å². The van der Waals surface area contributed by atoms with Crippen LogP contribution in [0.3, 0.4) is 0 Å². The summed E-state index contributed by atoms with van der Waals surface area (Å²) in [5.74, 6) is -2.44. The van der Waals surface area contributed by atoms with Crippen molar-refractivity contribution >= 4 is 15.9 Å². The minimum atomic E-state index is -1.08. The van der Waals surface area contributed by atoms with Crippen LogP contribution in [-0.4, -0.2) is 5.11 Å². The standard InChI is InChI=1S/C9H10BrF2NO/c1-2-6(13)7-8(12)5(11)3-4(10)9(7)14/h3,6,14H,2,13H2,1H3/t6-/m0/s1. The molecule has 0 amide bonds. The van der Waals surface area contributed by atoms with Gasteiger partial charge in [0.25, 0.3) is 0 Å². The van der Waals surface area contributed by atoms with E-state index in [1.807, 2.05) is 0 Å². The number of aromatic hydroxyl groups is 1. The van der Waals surface area contributed by atoms with Crippen molar-refractivity contribution in [3.8, 4) is 5.75 Å². The lowest BCUT2D eigenvalue weighted by molar-refractivity contribution is 0.426. The van der Waals surface area contributed by atoms with Crippen LogP contribution in [0, 0.1) is 11.6 Å². The first-order chi connectivity index (χ1) is 6.49. The van der Waals surface area contributed by atoms with Crippen LogP contribution in [0.5, 0.6) is 5.75 Å². The molecule has 0 bridgehead atoms. The Balaban J connectivity index is 3.39. The Labute approximate surface area is 88.9 Å². The van der Waals surface area contributed by atoms with Gasteiger partial charge in [0, 0.05) is 6.04 Å². The Kier molecular flexibility index (Phi) is 3.44. The Morgan fingerprint density at radius 3 is 2.64 bits per heavy atom. The van der Waals surface area contributed by atoms with E-state index in [1.165, 1.54) is 0 Å². The molecule has 1 rings (SSSR count). The lowest BCUT2D eigenvalue weighted by Crippen LogP contribution is -2.12. The van der Waals surface area contributed by atoms with E-state index < -0.39 is 17.7 Å². The van der Waals surface area contributed by atoms with E-state index in [-0.39, 0.29) is 15.8 Å². The van der Waals surface area contributed by atoms with E-state index in [0.717, 1.165) is 6.07 Å². The Morgan fingerprint density at radius 2 is 2.14 bits per heavy atom. The van der Waals surface area contributed by atoms with E-state index in [0.29, 0.717) is 6.42 Å². The number of hydrogen-bond donors (Lipinski definition) is 2. The summed E-state index contributed by atoms with van der Waals surface area (Å²) in [5.41, 5.74) is 5.37. The second kappa shape index (κ2) is 4.23. The number of phenols is 1. The maximum absolute atomic E-state index is 13.2. The zero-order valence-electron chi connectivity index (χ0n) is 7.52. The lowest BCUT2D eigenvalue weighted by Gasteiger charge is -2.13. The second-order valence-electron chi connectivity index (χ2n) is 2.93. The van der Waals surface area contributed by atoms with Crippen molar-refractivity contribution in [2.45, 2.75) is 19.4 Å². The van der Waals surface area contributed by atoms with Crippen LogP contribution in [0.2, 0.25) is 0 Å². The molecule has 0 aromatic heterocycles. The highest BCUT2D eigenvalue weighted by Gasteiger charge is 2.20. The number of hydrogen-bond acceptors (Lipinski definition) is 2. The van der Waals surface area contributed by atoms with E-state index >= 15 is 0 Å². The molecule has 78 valence electrons. The maximum Gasteiger partial charge on any atom is 0.167 e. The lowest BCUT2D eigenvalue weighted by atomic mass is 10.0. The molecular weight excluding hydrogens is 256 g/mol. The minimum absolute atomic E-state index is 0.107. The van der Waals surface area contributed by atoms with Crippen molar-refractivity contribution in [1.29, 1.82) is 0 Å². The maximum atomic E-state index is 13.2. The molecule has 0 aliphatic carbocycles. The summed E-state index contributed by atoms with van der Waals surface area (Å²) in [5, 5.41) is 9.47. The van der Waals surface area contributed by atoms with Crippen LogP contribution in [0.4, 0.5) is 8.78 Å². The molecule has 14 heavy (non-hydrogen) atoms. The summed E-state index contributed by atoms with van der Waals surface area (Å²) in [6, 6.07) is 0.165. The van der Waals surface area contributed by atoms with Gasteiger partial charge >= 0.3 is 0 Å². The Morgan fingerprint density at radius 1 is 1.57 bits per heavy atom. The molecule has 1 aromatic carbocycles. The molecule has 1 atom stereocenters. The minimum Gasteiger partial charge on any atom is -0.506 e. The van der Waals surface area contributed by atoms with Crippen LogP contribution in [0.15, 0.2) is 10.5 Å². The summed E-state index contributed by atoms with van der Waals surface area (Å²) < 4.78 is 26.3. The predicted octanol–water partition coefficient (Wildman–Crippen LogP) is 2.84. The molecule has 3 N–H and O–H groups in total. The molecule has 0 unspecified atom stereocenters. The normalized spacial score (nSPS) is 12.9. The summed E-state index contributed by atoms with van der Waals surface area (Å²) in [6.45, 7) is 1.72. The first-order valence-electron chi connectivity index (χ1n) is 4.11. The van der Waals surface area contributed by atoms with Crippen LogP contribution in [0.25, 0.3) is 0 Å². The average molecular weight is 266 g/mol.